The van der Waals surface area contributed by atoms with Crippen LogP contribution in [0.4, 0.5) is 11.5 Å². The number of aryl methyl sites for hydroxylation is 1. The van der Waals surface area contributed by atoms with Crippen molar-refractivity contribution in [3.05, 3.63) is 57.5 Å². The van der Waals surface area contributed by atoms with E-state index < -0.39 is 11.0 Å². The zero-order chi connectivity index (χ0) is 21.3. The molecule has 2 atom stereocenters. The van der Waals surface area contributed by atoms with Crippen molar-refractivity contribution in [1.29, 1.82) is 0 Å². The van der Waals surface area contributed by atoms with Gasteiger partial charge in [0.25, 0.3) is 5.69 Å². The van der Waals surface area contributed by atoms with Crippen LogP contribution in [0.2, 0.25) is 0 Å². The van der Waals surface area contributed by atoms with Crippen molar-refractivity contribution in [3.63, 3.8) is 0 Å². The largest absolute Gasteiger partial charge is 0.353 e. The summed E-state index contributed by atoms with van der Waals surface area (Å²) < 4.78 is 0. The molecule has 1 aromatic carbocycles. The minimum atomic E-state index is -0.665. The summed E-state index contributed by atoms with van der Waals surface area (Å²) in [6.07, 6.45) is 4.11. The van der Waals surface area contributed by atoms with Crippen LogP contribution in [0.5, 0.6) is 0 Å². The molecule has 2 N–H and O–H groups in total. The monoisotopic (exact) mass is 410 g/mol. The molecular weight excluding hydrogens is 384 g/mol. The normalized spacial score (nSPS) is 19.5. The maximum Gasteiger partial charge on any atom is 0.269 e. The van der Waals surface area contributed by atoms with Gasteiger partial charge >= 0.3 is 0 Å². The molecule has 1 amide bonds. The quantitative estimate of drug-likeness (QED) is 0.588. The number of hydrogen-bond donors (Lipinski definition) is 1. The fourth-order valence-electron chi connectivity index (χ4n) is 4.34. The third-order valence-electron chi connectivity index (χ3n) is 6.06. The molecule has 1 saturated heterocycles. The lowest BCUT2D eigenvalue weighted by Crippen LogP contribution is -2.54. The van der Waals surface area contributed by atoms with E-state index in [1.165, 1.54) is 17.7 Å². The Morgan fingerprint density at radius 1 is 1.23 bits per heavy atom. The van der Waals surface area contributed by atoms with Gasteiger partial charge in [-0.25, -0.2) is 9.97 Å². The molecule has 2 aliphatic rings. The molecule has 9 heteroatoms. The molecule has 0 spiro atoms. The molecular formula is C21H26N6O3. The molecule has 9 nitrogen and oxygen atoms in total. The fraction of sp³-hybridized carbons (Fsp3) is 0.476. The summed E-state index contributed by atoms with van der Waals surface area (Å²) in [5, 5.41) is 10.8. The Morgan fingerprint density at radius 2 is 1.93 bits per heavy atom. The Bertz CT molecular complexity index is 940. The molecule has 0 unspecified atom stereocenters. The zero-order valence-electron chi connectivity index (χ0n) is 17.0. The lowest BCUT2D eigenvalue weighted by Gasteiger charge is -2.37. The van der Waals surface area contributed by atoms with Crippen molar-refractivity contribution in [2.75, 3.05) is 31.1 Å². The summed E-state index contributed by atoms with van der Waals surface area (Å²) >= 11 is 0. The molecule has 0 bridgehead atoms. The number of nitrogens with two attached hydrogens (primary N) is 1. The maximum atomic E-state index is 12.8. The van der Waals surface area contributed by atoms with Crippen molar-refractivity contribution in [1.82, 2.24) is 14.9 Å². The summed E-state index contributed by atoms with van der Waals surface area (Å²) in [6, 6.07) is 5.51. The van der Waals surface area contributed by atoms with E-state index in [0.717, 1.165) is 29.9 Å². The van der Waals surface area contributed by atoms with Crippen LogP contribution in [-0.2, 0) is 17.6 Å². The van der Waals surface area contributed by atoms with E-state index in [0.29, 0.717) is 38.5 Å². The van der Waals surface area contributed by atoms with Gasteiger partial charge in [0.2, 0.25) is 5.91 Å². The minimum absolute atomic E-state index is 0.0281. The van der Waals surface area contributed by atoms with Crippen molar-refractivity contribution >= 4 is 17.4 Å². The number of hydrogen-bond acceptors (Lipinski definition) is 7. The maximum absolute atomic E-state index is 12.8. The molecule has 2 aromatic rings. The Hall–Kier alpha value is -3.07. The highest BCUT2D eigenvalue weighted by atomic mass is 16.6. The van der Waals surface area contributed by atoms with Crippen molar-refractivity contribution in [2.24, 2.45) is 5.73 Å². The summed E-state index contributed by atoms with van der Waals surface area (Å²) in [5.41, 5.74) is 9.40. The number of rotatable bonds is 5. The average molecular weight is 410 g/mol. The number of nitro benzene ring substituents is 1. The Morgan fingerprint density at radius 3 is 2.60 bits per heavy atom. The van der Waals surface area contributed by atoms with Gasteiger partial charge in [-0.05, 0) is 30.7 Å². The number of piperazine rings is 1. The van der Waals surface area contributed by atoms with Gasteiger partial charge in [-0.2, -0.15) is 0 Å². The average Bonchev–Trinajstić information content (AvgIpc) is 3.15. The van der Waals surface area contributed by atoms with Gasteiger partial charge in [0, 0.05) is 49.6 Å². The molecule has 0 saturated carbocycles. The third-order valence-corrected chi connectivity index (χ3v) is 6.06. The summed E-state index contributed by atoms with van der Waals surface area (Å²) in [7, 11) is 0. The van der Waals surface area contributed by atoms with E-state index >= 15 is 0 Å². The van der Waals surface area contributed by atoms with Gasteiger partial charge in [-0.15, -0.1) is 0 Å². The van der Waals surface area contributed by atoms with Gasteiger partial charge in [0.1, 0.15) is 12.1 Å². The number of aromatic nitrogens is 2. The van der Waals surface area contributed by atoms with Crippen LogP contribution in [0.25, 0.3) is 0 Å². The first kappa shape index (κ1) is 20.2. The number of carbonyl (C=O) groups excluding carboxylic acids is 1. The second-order valence-electron chi connectivity index (χ2n) is 8.04. The highest BCUT2D eigenvalue weighted by molar-refractivity contribution is 5.82. The predicted octanol–water partition coefficient (Wildman–Crippen LogP) is 1.65. The molecule has 1 aliphatic heterocycles. The number of amides is 1. The second-order valence-corrected chi connectivity index (χ2v) is 8.04. The standard InChI is InChI=1S/C21H26N6O3/c1-14-2-7-18-19(14)20(24-13-23-18)25-8-10-26(11-9-25)21(28)17(22)12-15-3-5-16(6-4-15)27(29)30/h3-6,13-14,17H,2,7-12,22H2,1H3/t14-,17-/m1/s1. The number of nitro groups is 1. The van der Waals surface area contributed by atoms with Gasteiger partial charge in [0.15, 0.2) is 0 Å². The number of benzene rings is 1. The SMILES string of the molecule is C[C@@H]1CCc2ncnc(N3CCN(C(=O)[C@H](N)Cc4ccc([N+](=O)[O-])cc4)CC3)c21. The molecule has 1 fully saturated rings. The lowest BCUT2D eigenvalue weighted by atomic mass is 10.0. The van der Waals surface area contributed by atoms with E-state index in [4.69, 9.17) is 5.73 Å². The van der Waals surface area contributed by atoms with E-state index in [2.05, 4.69) is 21.8 Å². The highest BCUT2D eigenvalue weighted by Gasteiger charge is 2.30. The first-order valence-corrected chi connectivity index (χ1v) is 10.3. The van der Waals surface area contributed by atoms with Crippen LogP contribution >= 0.6 is 0 Å². The van der Waals surface area contributed by atoms with Crippen LogP contribution in [0.3, 0.4) is 0 Å². The number of non-ortho nitro benzene ring substituents is 1. The fourth-order valence-corrected chi connectivity index (χ4v) is 4.34. The van der Waals surface area contributed by atoms with Crippen molar-refractivity contribution < 1.29 is 9.72 Å². The van der Waals surface area contributed by atoms with E-state index in [1.807, 2.05) is 0 Å². The first-order valence-electron chi connectivity index (χ1n) is 10.3. The van der Waals surface area contributed by atoms with Crippen LogP contribution in [0.1, 0.15) is 36.1 Å². The number of anilines is 1. The lowest BCUT2D eigenvalue weighted by molar-refractivity contribution is -0.384. The summed E-state index contributed by atoms with van der Waals surface area (Å²) in [6.45, 7) is 4.84. The van der Waals surface area contributed by atoms with Gasteiger partial charge < -0.3 is 15.5 Å². The van der Waals surface area contributed by atoms with Crippen LogP contribution in [-0.4, -0.2) is 57.9 Å². The Labute approximate surface area is 175 Å². The summed E-state index contributed by atoms with van der Waals surface area (Å²) in [5.74, 6) is 1.38. The van der Waals surface area contributed by atoms with E-state index in [1.54, 1.807) is 23.4 Å². The van der Waals surface area contributed by atoms with Crippen LogP contribution < -0.4 is 10.6 Å². The van der Waals surface area contributed by atoms with Crippen LogP contribution in [0, 0.1) is 10.1 Å². The van der Waals surface area contributed by atoms with Gasteiger partial charge in [-0.1, -0.05) is 19.1 Å². The second kappa shape index (κ2) is 8.35. The predicted molar refractivity (Wildman–Crippen MR) is 112 cm³/mol. The molecule has 4 rings (SSSR count). The van der Waals surface area contributed by atoms with Gasteiger partial charge in [-0.3, -0.25) is 14.9 Å². The minimum Gasteiger partial charge on any atom is -0.353 e. The van der Waals surface area contributed by atoms with Crippen molar-refractivity contribution in [3.8, 4) is 0 Å². The third kappa shape index (κ3) is 3.97. The topological polar surface area (TPSA) is 118 Å². The Kier molecular flexibility index (Phi) is 5.63. The highest BCUT2D eigenvalue weighted by Crippen LogP contribution is 2.37. The number of nitrogens with zero attached hydrogens (tertiary/aromatic N) is 5. The number of fused-ring (bicyclic) bond motifs is 1. The van der Waals surface area contributed by atoms with E-state index in [9.17, 15) is 14.9 Å². The van der Waals surface area contributed by atoms with Crippen LogP contribution in [0.15, 0.2) is 30.6 Å². The molecule has 158 valence electrons. The number of carbonyl (C=O) groups is 1. The molecule has 30 heavy (non-hydrogen) atoms. The van der Waals surface area contributed by atoms with Gasteiger partial charge in [0.05, 0.1) is 11.0 Å². The van der Waals surface area contributed by atoms with Crippen molar-refractivity contribution in [2.45, 2.75) is 38.1 Å². The molecule has 1 aliphatic carbocycles. The Balaban J connectivity index is 1.35. The summed E-state index contributed by atoms with van der Waals surface area (Å²) in [4.78, 5) is 36.2. The van der Waals surface area contributed by atoms with E-state index in [-0.39, 0.29) is 11.6 Å². The zero-order valence-corrected chi connectivity index (χ0v) is 17.0. The smallest absolute Gasteiger partial charge is 0.269 e. The molecule has 1 aromatic heterocycles. The first-order chi connectivity index (χ1) is 14.4. The molecule has 2 heterocycles. The molecule has 0 radical (unpaired) electrons.